The third kappa shape index (κ3) is 6.89. The molecular formula is C41H44N6O8S2. The number of benzene rings is 4. The van der Waals surface area contributed by atoms with Crippen molar-refractivity contribution in [2.24, 2.45) is 0 Å². The largest absolute Gasteiger partial charge is 0.318 e. The van der Waals surface area contributed by atoms with Crippen LogP contribution in [-0.4, -0.2) is 121 Å². The van der Waals surface area contributed by atoms with Crippen molar-refractivity contribution in [3.05, 3.63) is 94.0 Å². The van der Waals surface area contributed by atoms with Crippen LogP contribution in [0.2, 0.25) is 0 Å². The van der Waals surface area contributed by atoms with Crippen LogP contribution in [-0.2, 0) is 55.6 Å². The fourth-order valence-electron chi connectivity index (χ4n) is 7.86. The second kappa shape index (κ2) is 14.7. The van der Waals surface area contributed by atoms with E-state index in [0.29, 0.717) is 35.6 Å². The van der Waals surface area contributed by atoms with E-state index in [4.69, 9.17) is 0 Å². The lowest BCUT2D eigenvalue weighted by Gasteiger charge is -2.30. The molecule has 0 aromatic heterocycles. The second-order valence-electron chi connectivity index (χ2n) is 15.2. The van der Waals surface area contributed by atoms with Gasteiger partial charge in [0, 0.05) is 61.4 Å². The summed E-state index contributed by atoms with van der Waals surface area (Å²) in [7, 11) is 4.61. The molecule has 4 aromatic rings. The molecule has 4 heterocycles. The monoisotopic (exact) mass is 812 g/mol. The van der Waals surface area contributed by atoms with Crippen LogP contribution < -0.4 is 10.2 Å². The molecule has 0 fully saturated rings. The van der Waals surface area contributed by atoms with Gasteiger partial charge >= 0.3 is 0 Å². The highest BCUT2D eigenvalue weighted by molar-refractivity contribution is 7.89. The maximum absolute atomic E-state index is 12.5. The van der Waals surface area contributed by atoms with Gasteiger partial charge in [0.1, 0.15) is 0 Å². The molecule has 298 valence electrons. The van der Waals surface area contributed by atoms with E-state index in [9.17, 15) is 36.0 Å². The van der Waals surface area contributed by atoms with E-state index in [1.54, 1.807) is 67.7 Å². The van der Waals surface area contributed by atoms with Gasteiger partial charge in [-0.15, -0.1) is 0 Å². The molecule has 4 aromatic carbocycles. The number of nitrogens with one attached hydrogen (secondary N) is 1. The Kier molecular flexibility index (Phi) is 10.3. The molecule has 0 bridgehead atoms. The first-order chi connectivity index (χ1) is 26.8. The van der Waals surface area contributed by atoms with Gasteiger partial charge < -0.3 is 20.0 Å². The first-order valence-electron chi connectivity index (χ1n) is 18.3. The normalized spacial score (nSPS) is 17.0. The predicted molar refractivity (Wildman–Crippen MR) is 216 cm³/mol. The molecule has 0 spiro atoms. The number of hydrogen-bond acceptors (Lipinski definition) is 10. The number of carbonyl (C=O) groups is 4. The molecule has 0 saturated carbocycles. The zero-order valence-corrected chi connectivity index (χ0v) is 34.5. The summed E-state index contributed by atoms with van der Waals surface area (Å²) in [6.45, 7) is 3.04. The first kappa shape index (κ1) is 40.1. The molecule has 0 unspecified atom stereocenters. The predicted octanol–water partition coefficient (Wildman–Crippen LogP) is 3.48. The smallest absolute Gasteiger partial charge is 0.299 e. The van der Waals surface area contributed by atoms with Gasteiger partial charge in [-0.1, -0.05) is 24.3 Å². The van der Waals surface area contributed by atoms with Crippen LogP contribution in [0.1, 0.15) is 43.0 Å². The molecule has 0 radical (unpaired) electrons. The molecule has 4 aliphatic heterocycles. The number of nitrogens with zero attached hydrogens (tertiary/aromatic N) is 5. The second-order valence-corrected chi connectivity index (χ2v) is 19.5. The maximum Gasteiger partial charge on any atom is 0.299 e. The number of likely N-dealkylation sites (N-methyl/N-ethyl adjacent to an activating group) is 3. The molecular weight excluding hydrogens is 769 g/mol. The summed E-state index contributed by atoms with van der Waals surface area (Å²) in [6.07, 6.45) is 1.58. The van der Waals surface area contributed by atoms with E-state index in [1.165, 1.54) is 41.7 Å². The van der Waals surface area contributed by atoms with Crippen LogP contribution in [0.4, 0.5) is 11.4 Å². The van der Waals surface area contributed by atoms with Crippen molar-refractivity contribution in [2.75, 3.05) is 72.6 Å². The van der Waals surface area contributed by atoms with Gasteiger partial charge in [-0.2, -0.15) is 0 Å². The Morgan fingerprint density at radius 3 is 1.47 bits per heavy atom. The third-order valence-electron chi connectivity index (χ3n) is 11.1. The molecule has 2 amide bonds. The molecule has 14 nitrogen and oxygen atoms in total. The zero-order valence-electron chi connectivity index (χ0n) is 32.8. The number of rotatable bonds is 6. The van der Waals surface area contributed by atoms with Gasteiger partial charge in [0.15, 0.2) is 0 Å². The van der Waals surface area contributed by atoms with Gasteiger partial charge in [0.05, 0.1) is 32.3 Å². The standard InChI is InChI=1S/C21H23N3O4S.C20H21N3O4S/c1-22(2)29(27,28)14-7-5-13(6-8-14)16-11-17-19(24(4)21(26)20(17)25)18-12-23(3)10-9-15(16)18;1-22(2)28(26,27)13-6-4-12(5-7-13)15-10-16-18(21-20(25)19(16)24)17-11-23(3)9-8-14(15)17/h5-8,11H,9-10,12H2,1-4H3;4-7,10H,8-9,11H2,1-3H3,(H,21,24,25). The van der Waals surface area contributed by atoms with E-state index in [-0.39, 0.29) is 9.79 Å². The lowest BCUT2D eigenvalue weighted by molar-refractivity contribution is -0.114. The van der Waals surface area contributed by atoms with E-state index in [2.05, 4.69) is 15.1 Å². The minimum atomic E-state index is -3.51. The quantitative estimate of drug-likeness (QED) is 0.285. The lowest BCUT2D eigenvalue weighted by Crippen LogP contribution is -2.30. The number of Topliss-reactive ketones (excluding diaryl/α,β-unsaturated/α-hetero) is 2. The van der Waals surface area contributed by atoms with Crippen LogP contribution in [0, 0.1) is 0 Å². The molecule has 1 N–H and O–H groups in total. The SMILES string of the molecule is CN1CCc2c(-c3ccc(S(=O)(=O)N(C)C)cc3)cc3c(c2C1)N(C)C(=O)C3=O.CN1CCc2c(-c3ccc(S(=O)(=O)N(C)C)cc3)cc3c(c2C1)NC(=O)C3=O. The summed E-state index contributed by atoms with van der Waals surface area (Å²) in [5, 5.41) is 2.72. The molecule has 0 aliphatic carbocycles. The molecule has 57 heavy (non-hydrogen) atoms. The minimum Gasteiger partial charge on any atom is -0.318 e. The van der Waals surface area contributed by atoms with Gasteiger partial charge in [0.2, 0.25) is 20.0 Å². The van der Waals surface area contributed by atoms with Crippen molar-refractivity contribution < 1.29 is 36.0 Å². The Balaban J connectivity index is 0.000000174. The van der Waals surface area contributed by atoms with Gasteiger partial charge in [-0.05, 0) is 108 Å². The average Bonchev–Trinajstić information content (AvgIpc) is 3.59. The van der Waals surface area contributed by atoms with Crippen molar-refractivity contribution in [1.82, 2.24) is 18.4 Å². The highest BCUT2D eigenvalue weighted by Gasteiger charge is 2.39. The van der Waals surface area contributed by atoms with Crippen molar-refractivity contribution in [3.8, 4) is 22.3 Å². The Morgan fingerprint density at radius 2 is 1.00 bits per heavy atom. The number of fused-ring (bicyclic) bond motifs is 6. The number of amides is 2. The lowest BCUT2D eigenvalue weighted by atomic mass is 9.87. The van der Waals surface area contributed by atoms with Crippen molar-refractivity contribution in [2.45, 2.75) is 35.7 Å². The fourth-order valence-corrected chi connectivity index (χ4v) is 9.66. The molecule has 4 aliphatic rings. The van der Waals surface area contributed by atoms with E-state index in [1.807, 2.05) is 14.1 Å². The summed E-state index contributed by atoms with van der Waals surface area (Å²) in [4.78, 5) is 55.2. The van der Waals surface area contributed by atoms with Crippen LogP contribution in [0.25, 0.3) is 22.3 Å². The highest BCUT2D eigenvalue weighted by atomic mass is 32.2. The highest BCUT2D eigenvalue weighted by Crippen LogP contribution is 2.43. The van der Waals surface area contributed by atoms with Gasteiger partial charge in [-0.3, -0.25) is 19.2 Å². The van der Waals surface area contributed by atoms with Crippen LogP contribution >= 0.6 is 0 Å². The summed E-state index contributed by atoms with van der Waals surface area (Å²) in [6, 6.07) is 16.9. The van der Waals surface area contributed by atoms with Gasteiger partial charge in [0.25, 0.3) is 23.4 Å². The summed E-state index contributed by atoms with van der Waals surface area (Å²) in [5.41, 5.74) is 9.72. The zero-order chi connectivity index (χ0) is 41.3. The van der Waals surface area contributed by atoms with Gasteiger partial charge in [-0.25, -0.2) is 25.4 Å². The third-order valence-corrected chi connectivity index (χ3v) is 14.7. The topological polar surface area (TPSA) is 165 Å². The molecule has 8 rings (SSSR count). The Bertz CT molecular complexity index is 2600. The summed E-state index contributed by atoms with van der Waals surface area (Å²) < 4.78 is 51.7. The Hall–Kier alpha value is -5.10. The van der Waals surface area contributed by atoms with Crippen molar-refractivity contribution >= 4 is 54.8 Å². The van der Waals surface area contributed by atoms with E-state index < -0.39 is 43.4 Å². The van der Waals surface area contributed by atoms with E-state index >= 15 is 0 Å². The van der Waals surface area contributed by atoms with Crippen LogP contribution in [0.5, 0.6) is 0 Å². The minimum absolute atomic E-state index is 0.212. The first-order valence-corrected chi connectivity index (χ1v) is 21.2. The average molecular weight is 813 g/mol. The fraction of sp³-hybridized carbons (Fsp3) is 0.317. The molecule has 0 atom stereocenters. The van der Waals surface area contributed by atoms with Crippen molar-refractivity contribution in [3.63, 3.8) is 0 Å². The van der Waals surface area contributed by atoms with Crippen LogP contribution in [0.15, 0.2) is 70.5 Å². The molecule has 0 saturated heterocycles. The number of carbonyl (C=O) groups excluding carboxylic acids is 4. The Labute approximate surface area is 332 Å². The summed E-state index contributed by atoms with van der Waals surface area (Å²) in [5.74, 6) is -2.14. The number of ketones is 2. The summed E-state index contributed by atoms with van der Waals surface area (Å²) >= 11 is 0. The van der Waals surface area contributed by atoms with Crippen molar-refractivity contribution in [1.29, 1.82) is 0 Å². The number of sulfonamides is 2. The number of anilines is 2. The number of hydrogen-bond donors (Lipinski definition) is 1. The molecule has 16 heteroatoms. The van der Waals surface area contributed by atoms with Crippen LogP contribution in [0.3, 0.4) is 0 Å². The van der Waals surface area contributed by atoms with E-state index in [0.717, 1.165) is 70.4 Å². The maximum atomic E-state index is 12.5. The Morgan fingerprint density at radius 1 is 0.561 bits per heavy atom.